The zero-order valence-electron chi connectivity index (χ0n) is 19.0. The molecule has 1 aliphatic heterocycles. The van der Waals surface area contributed by atoms with Crippen LogP contribution < -0.4 is 4.90 Å². The summed E-state index contributed by atoms with van der Waals surface area (Å²) in [5, 5.41) is 1.83. The summed E-state index contributed by atoms with van der Waals surface area (Å²) in [6.45, 7) is 5.37. The second-order valence-electron chi connectivity index (χ2n) is 8.67. The predicted octanol–water partition coefficient (Wildman–Crippen LogP) is 7.15. The van der Waals surface area contributed by atoms with Crippen LogP contribution in [0.15, 0.2) is 52.9 Å². The summed E-state index contributed by atoms with van der Waals surface area (Å²) >= 11 is 6.10. The van der Waals surface area contributed by atoms with Crippen molar-refractivity contribution in [3.05, 3.63) is 53.6 Å². The van der Waals surface area contributed by atoms with E-state index in [1.165, 1.54) is 25.7 Å². The van der Waals surface area contributed by atoms with Gasteiger partial charge in [-0.15, -0.1) is 0 Å². The number of halogens is 1. The van der Waals surface area contributed by atoms with Crippen molar-refractivity contribution < 1.29 is 9.21 Å². The Morgan fingerprint density at radius 2 is 1.59 bits per heavy atom. The van der Waals surface area contributed by atoms with E-state index in [2.05, 4.69) is 17.9 Å². The molecule has 1 amide bonds. The van der Waals surface area contributed by atoms with E-state index in [-0.39, 0.29) is 0 Å². The molecule has 0 atom stereocenters. The third-order valence-electron chi connectivity index (χ3n) is 6.37. The first kappa shape index (κ1) is 22.7. The van der Waals surface area contributed by atoms with E-state index in [9.17, 15) is 4.79 Å². The van der Waals surface area contributed by atoms with E-state index in [4.69, 9.17) is 16.0 Å². The molecule has 4 nitrogen and oxygen atoms in total. The molecular formula is C27H33ClN2O2. The summed E-state index contributed by atoms with van der Waals surface area (Å²) in [7, 11) is 0. The molecule has 32 heavy (non-hydrogen) atoms. The molecule has 5 heteroatoms. The van der Waals surface area contributed by atoms with Crippen LogP contribution >= 0.6 is 11.6 Å². The lowest BCUT2D eigenvalue weighted by molar-refractivity contribution is -0.131. The average Bonchev–Trinajstić information content (AvgIpc) is 3.21. The van der Waals surface area contributed by atoms with Gasteiger partial charge in [-0.25, -0.2) is 0 Å². The van der Waals surface area contributed by atoms with Gasteiger partial charge in [0.2, 0.25) is 5.91 Å². The van der Waals surface area contributed by atoms with Gasteiger partial charge < -0.3 is 14.2 Å². The average molecular weight is 453 g/mol. The maximum Gasteiger partial charge on any atom is 0.222 e. The van der Waals surface area contributed by atoms with Gasteiger partial charge in [0, 0.05) is 48.6 Å². The number of hydrogen-bond acceptors (Lipinski definition) is 3. The summed E-state index contributed by atoms with van der Waals surface area (Å²) in [6.07, 6.45) is 7.95. The minimum atomic E-state index is 0.301. The van der Waals surface area contributed by atoms with Crippen LogP contribution in [0, 0.1) is 0 Å². The largest absolute Gasteiger partial charge is 0.454 e. The number of carbonyl (C=O) groups is 1. The number of nitrogens with zero attached hydrogens (tertiary/aromatic N) is 2. The Kier molecular flexibility index (Phi) is 7.75. The van der Waals surface area contributed by atoms with Crippen LogP contribution in [0.2, 0.25) is 5.02 Å². The van der Waals surface area contributed by atoms with Crippen LogP contribution in [0.3, 0.4) is 0 Å². The van der Waals surface area contributed by atoms with Gasteiger partial charge >= 0.3 is 0 Å². The number of benzene rings is 2. The number of fused-ring (bicyclic) bond motifs is 1. The fourth-order valence-electron chi connectivity index (χ4n) is 4.54. The number of piperazine rings is 1. The molecule has 0 N–H and O–H groups in total. The van der Waals surface area contributed by atoms with Gasteiger partial charge in [-0.2, -0.15) is 0 Å². The molecule has 0 radical (unpaired) electrons. The predicted molar refractivity (Wildman–Crippen MR) is 133 cm³/mol. The summed E-state index contributed by atoms with van der Waals surface area (Å²) in [5.74, 6) is 1.17. The van der Waals surface area contributed by atoms with E-state index in [1.54, 1.807) is 0 Å². The summed E-state index contributed by atoms with van der Waals surface area (Å²) in [4.78, 5) is 17.1. The number of unbranched alkanes of at least 4 members (excludes halogenated alkanes) is 5. The lowest BCUT2D eigenvalue weighted by Gasteiger charge is -2.36. The number of hydrogen-bond donors (Lipinski definition) is 0. The van der Waals surface area contributed by atoms with Crippen molar-refractivity contribution in [2.24, 2.45) is 0 Å². The maximum atomic E-state index is 12.7. The first-order valence-electron chi connectivity index (χ1n) is 12.0. The Balaban J connectivity index is 1.42. The van der Waals surface area contributed by atoms with E-state index < -0.39 is 0 Å². The zero-order valence-corrected chi connectivity index (χ0v) is 19.7. The van der Waals surface area contributed by atoms with Gasteiger partial charge in [-0.1, -0.05) is 62.8 Å². The van der Waals surface area contributed by atoms with E-state index >= 15 is 0 Å². The highest BCUT2D eigenvalue weighted by Crippen LogP contribution is 2.41. The van der Waals surface area contributed by atoms with Crippen LogP contribution in [-0.4, -0.2) is 37.0 Å². The fraction of sp³-hybridized carbons (Fsp3) is 0.444. The second kappa shape index (κ2) is 10.9. The number of carbonyl (C=O) groups excluding carboxylic acids is 1. The van der Waals surface area contributed by atoms with Gasteiger partial charge in [0.25, 0.3) is 0 Å². The summed E-state index contributed by atoms with van der Waals surface area (Å²) in [6, 6.07) is 16.0. The van der Waals surface area contributed by atoms with E-state index in [0.29, 0.717) is 17.4 Å². The van der Waals surface area contributed by atoms with Crippen molar-refractivity contribution in [1.29, 1.82) is 0 Å². The molecule has 2 aromatic carbocycles. The first-order chi connectivity index (χ1) is 15.7. The third-order valence-corrected chi connectivity index (χ3v) is 6.62. The third kappa shape index (κ3) is 5.29. The van der Waals surface area contributed by atoms with Crippen molar-refractivity contribution in [3.63, 3.8) is 0 Å². The van der Waals surface area contributed by atoms with Crippen molar-refractivity contribution >= 4 is 34.2 Å². The maximum absolute atomic E-state index is 12.7. The van der Waals surface area contributed by atoms with Crippen molar-refractivity contribution in [3.8, 4) is 11.3 Å². The van der Waals surface area contributed by atoms with Gasteiger partial charge in [-0.05, 0) is 42.8 Å². The lowest BCUT2D eigenvalue weighted by atomic mass is 10.1. The number of amides is 1. The fourth-order valence-corrected chi connectivity index (χ4v) is 4.66. The Morgan fingerprint density at radius 3 is 2.34 bits per heavy atom. The molecule has 0 saturated carbocycles. The number of rotatable bonds is 9. The standard InChI is InChI=1S/C27H33ClN2O2/c1-2-3-4-5-6-7-12-25(31)29-17-19-30(20-18-29)26-23-10-8-9-11-24(23)32-27(26)21-13-15-22(28)16-14-21/h8-11,13-16H,2-7,12,17-20H2,1H3. The molecule has 0 bridgehead atoms. The van der Waals surface area contributed by atoms with Crippen LogP contribution in [0.25, 0.3) is 22.3 Å². The molecule has 0 aliphatic carbocycles. The minimum Gasteiger partial charge on any atom is -0.454 e. The SMILES string of the molecule is CCCCCCCCC(=O)N1CCN(c2c(-c3ccc(Cl)cc3)oc3ccccc23)CC1. The molecule has 170 valence electrons. The monoisotopic (exact) mass is 452 g/mol. The molecule has 1 fully saturated rings. The quantitative estimate of drug-likeness (QED) is 0.323. The topological polar surface area (TPSA) is 36.7 Å². The molecule has 2 heterocycles. The van der Waals surface area contributed by atoms with Gasteiger partial charge in [0.15, 0.2) is 5.76 Å². The van der Waals surface area contributed by atoms with Crippen LogP contribution in [0.5, 0.6) is 0 Å². The molecule has 0 unspecified atom stereocenters. The Bertz CT molecular complexity index is 1020. The first-order valence-corrected chi connectivity index (χ1v) is 12.4. The highest BCUT2D eigenvalue weighted by atomic mass is 35.5. The summed E-state index contributed by atoms with van der Waals surface area (Å²) in [5.41, 5.74) is 3.02. The van der Waals surface area contributed by atoms with E-state index in [1.807, 2.05) is 47.4 Å². The van der Waals surface area contributed by atoms with Gasteiger partial charge in [0.1, 0.15) is 5.58 Å². The number of para-hydroxylation sites is 1. The zero-order chi connectivity index (χ0) is 22.3. The Hall–Kier alpha value is -2.46. The van der Waals surface area contributed by atoms with Gasteiger partial charge in [-0.3, -0.25) is 4.79 Å². The molecule has 3 aromatic rings. The Labute approximate surface area is 196 Å². The Morgan fingerprint density at radius 1 is 0.906 bits per heavy atom. The second-order valence-corrected chi connectivity index (χ2v) is 9.10. The van der Waals surface area contributed by atoms with E-state index in [0.717, 1.165) is 67.0 Å². The number of furan rings is 1. The molecule has 1 aliphatic rings. The molecule has 4 rings (SSSR count). The highest BCUT2D eigenvalue weighted by Gasteiger charge is 2.26. The normalized spacial score (nSPS) is 14.3. The number of anilines is 1. The van der Waals surface area contributed by atoms with Crippen molar-refractivity contribution in [1.82, 2.24) is 4.90 Å². The van der Waals surface area contributed by atoms with Crippen LogP contribution in [-0.2, 0) is 4.79 Å². The van der Waals surface area contributed by atoms with Crippen LogP contribution in [0.4, 0.5) is 5.69 Å². The minimum absolute atomic E-state index is 0.301. The summed E-state index contributed by atoms with van der Waals surface area (Å²) < 4.78 is 6.28. The molecule has 0 spiro atoms. The molecule has 1 saturated heterocycles. The smallest absolute Gasteiger partial charge is 0.222 e. The van der Waals surface area contributed by atoms with Gasteiger partial charge in [0.05, 0.1) is 5.69 Å². The highest BCUT2D eigenvalue weighted by molar-refractivity contribution is 6.30. The molecular weight excluding hydrogens is 420 g/mol. The van der Waals surface area contributed by atoms with Crippen molar-refractivity contribution in [2.45, 2.75) is 51.9 Å². The molecule has 1 aromatic heterocycles. The lowest BCUT2D eigenvalue weighted by Crippen LogP contribution is -2.48. The van der Waals surface area contributed by atoms with Crippen molar-refractivity contribution in [2.75, 3.05) is 31.1 Å². The van der Waals surface area contributed by atoms with Crippen LogP contribution in [0.1, 0.15) is 51.9 Å².